The van der Waals surface area contributed by atoms with E-state index in [4.69, 9.17) is 4.74 Å². The van der Waals surface area contributed by atoms with Crippen LogP contribution in [0.5, 0.6) is 5.75 Å². The van der Waals surface area contributed by atoms with Crippen LogP contribution in [0.1, 0.15) is 15.9 Å². The van der Waals surface area contributed by atoms with Gasteiger partial charge >= 0.3 is 5.97 Å². The zero-order valence-electron chi connectivity index (χ0n) is 16.0. The molecule has 1 heterocycles. The van der Waals surface area contributed by atoms with E-state index >= 15 is 0 Å². The topological polar surface area (TPSA) is 63.6 Å². The Kier molecular flexibility index (Phi) is 6.09. The van der Waals surface area contributed by atoms with Crippen LogP contribution in [0.2, 0.25) is 0 Å². The highest BCUT2D eigenvalue weighted by Crippen LogP contribution is 2.25. The minimum absolute atomic E-state index is 0.264. The molecule has 0 fully saturated rings. The standard InChI is InChI=1S/C23H15F2N3O2S/c24-18-7-3-16(4-8-18)21-14-31-23(27-21)28-26-13-15-1-11-20(12-2-15)30-22(29)17-5-9-19(25)10-6-17/h1-14H,(H,27,28)/b26-13+. The van der Waals surface area contributed by atoms with Crippen LogP contribution in [-0.4, -0.2) is 17.2 Å². The van der Waals surface area contributed by atoms with Crippen LogP contribution in [0.25, 0.3) is 11.3 Å². The molecule has 0 aliphatic heterocycles. The van der Waals surface area contributed by atoms with Gasteiger partial charge in [-0.15, -0.1) is 11.3 Å². The van der Waals surface area contributed by atoms with Crippen LogP contribution in [0.3, 0.4) is 0 Å². The van der Waals surface area contributed by atoms with E-state index < -0.39 is 11.8 Å². The summed E-state index contributed by atoms with van der Waals surface area (Å²) in [4.78, 5) is 16.5. The summed E-state index contributed by atoms with van der Waals surface area (Å²) < 4.78 is 31.2. The molecular weight excluding hydrogens is 420 g/mol. The number of anilines is 1. The second kappa shape index (κ2) is 9.27. The van der Waals surface area contributed by atoms with E-state index in [9.17, 15) is 13.6 Å². The number of halogens is 2. The van der Waals surface area contributed by atoms with E-state index in [2.05, 4.69) is 15.5 Å². The molecule has 0 radical (unpaired) electrons. The number of hydrogen-bond donors (Lipinski definition) is 1. The molecule has 0 saturated heterocycles. The molecule has 0 bridgehead atoms. The van der Waals surface area contributed by atoms with Crippen molar-refractivity contribution in [1.29, 1.82) is 0 Å². The SMILES string of the molecule is O=C(Oc1ccc(/C=N/Nc2nc(-c3ccc(F)cc3)cs2)cc1)c1ccc(F)cc1. The molecule has 0 atom stereocenters. The summed E-state index contributed by atoms with van der Waals surface area (Å²) in [5, 5.41) is 6.60. The van der Waals surface area contributed by atoms with E-state index in [1.807, 2.05) is 5.38 Å². The van der Waals surface area contributed by atoms with Crippen molar-refractivity contribution in [3.63, 3.8) is 0 Å². The van der Waals surface area contributed by atoms with Crippen molar-refractivity contribution in [2.75, 3.05) is 5.43 Å². The average Bonchev–Trinajstić information content (AvgIpc) is 3.25. The van der Waals surface area contributed by atoms with Crippen molar-refractivity contribution in [1.82, 2.24) is 4.98 Å². The largest absolute Gasteiger partial charge is 0.423 e. The minimum atomic E-state index is -0.566. The number of hydrazone groups is 1. The first-order chi connectivity index (χ1) is 15.1. The highest BCUT2D eigenvalue weighted by Gasteiger charge is 2.08. The van der Waals surface area contributed by atoms with Gasteiger partial charge in [0.2, 0.25) is 5.13 Å². The lowest BCUT2D eigenvalue weighted by Crippen LogP contribution is -2.08. The van der Waals surface area contributed by atoms with Gasteiger partial charge in [-0.25, -0.2) is 18.6 Å². The first-order valence-corrected chi connectivity index (χ1v) is 10.0. The van der Waals surface area contributed by atoms with Gasteiger partial charge in [-0.2, -0.15) is 5.10 Å². The van der Waals surface area contributed by atoms with E-state index in [0.717, 1.165) is 16.8 Å². The van der Waals surface area contributed by atoms with E-state index in [0.29, 0.717) is 10.9 Å². The molecule has 31 heavy (non-hydrogen) atoms. The van der Waals surface area contributed by atoms with Gasteiger partial charge in [-0.3, -0.25) is 5.43 Å². The van der Waals surface area contributed by atoms with Crippen LogP contribution in [0, 0.1) is 11.6 Å². The van der Waals surface area contributed by atoms with Crippen molar-refractivity contribution in [2.24, 2.45) is 5.10 Å². The van der Waals surface area contributed by atoms with Crippen LogP contribution < -0.4 is 10.2 Å². The van der Waals surface area contributed by atoms with Crippen LogP contribution in [-0.2, 0) is 0 Å². The van der Waals surface area contributed by atoms with E-state index in [1.165, 1.54) is 47.7 Å². The summed E-state index contributed by atoms with van der Waals surface area (Å²) >= 11 is 1.38. The second-order valence-electron chi connectivity index (χ2n) is 6.38. The van der Waals surface area contributed by atoms with Gasteiger partial charge in [-0.1, -0.05) is 0 Å². The van der Waals surface area contributed by atoms with Gasteiger partial charge in [0.25, 0.3) is 0 Å². The summed E-state index contributed by atoms with van der Waals surface area (Å²) in [5.74, 6) is -0.913. The van der Waals surface area contributed by atoms with E-state index in [1.54, 1.807) is 42.6 Å². The van der Waals surface area contributed by atoms with Crippen LogP contribution >= 0.6 is 11.3 Å². The van der Waals surface area contributed by atoms with Crippen molar-refractivity contribution in [3.05, 3.63) is 101 Å². The van der Waals surface area contributed by atoms with Crippen LogP contribution in [0.15, 0.2) is 83.3 Å². The number of nitrogens with zero attached hydrogens (tertiary/aromatic N) is 2. The third-order valence-corrected chi connectivity index (χ3v) is 4.94. The lowest BCUT2D eigenvalue weighted by atomic mass is 10.2. The summed E-state index contributed by atoms with van der Waals surface area (Å²) in [5.41, 5.74) is 5.45. The molecule has 5 nitrogen and oxygen atoms in total. The molecule has 1 N–H and O–H groups in total. The van der Waals surface area contributed by atoms with Crippen molar-refractivity contribution >= 4 is 28.7 Å². The average molecular weight is 435 g/mol. The second-order valence-corrected chi connectivity index (χ2v) is 7.24. The van der Waals surface area contributed by atoms with Gasteiger partial charge in [-0.05, 0) is 78.4 Å². The molecule has 154 valence electrons. The Morgan fingerprint density at radius 3 is 2.26 bits per heavy atom. The highest BCUT2D eigenvalue weighted by atomic mass is 32.1. The predicted molar refractivity (Wildman–Crippen MR) is 117 cm³/mol. The molecule has 1 aromatic heterocycles. The monoisotopic (exact) mass is 435 g/mol. The molecule has 0 unspecified atom stereocenters. The number of ether oxygens (including phenoxy) is 1. The number of rotatable bonds is 6. The molecule has 0 aliphatic carbocycles. The summed E-state index contributed by atoms with van der Waals surface area (Å²) in [6.07, 6.45) is 1.60. The molecule has 0 aliphatic rings. The highest BCUT2D eigenvalue weighted by molar-refractivity contribution is 7.14. The van der Waals surface area contributed by atoms with Crippen LogP contribution in [0.4, 0.5) is 13.9 Å². The Morgan fingerprint density at radius 1 is 0.935 bits per heavy atom. The van der Waals surface area contributed by atoms with Crippen molar-refractivity contribution < 1.29 is 18.3 Å². The van der Waals surface area contributed by atoms with Gasteiger partial charge in [0, 0.05) is 10.9 Å². The third-order valence-electron chi connectivity index (χ3n) is 4.19. The molecular formula is C23H15F2N3O2S. The number of aromatic nitrogens is 1. The number of benzene rings is 3. The molecule has 4 rings (SSSR count). The summed E-state index contributed by atoms with van der Waals surface area (Å²) in [6, 6.07) is 18.0. The normalized spacial score (nSPS) is 10.9. The Morgan fingerprint density at radius 2 is 1.58 bits per heavy atom. The summed E-state index contributed by atoms with van der Waals surface area (Å²) in [7, 11) is 0. The Hall–Kier alpha value is -3.91. The Labute approximate surface area is 180 Å². The maximum atomic E-state index is 13.0. The first kappa shape index (κ1) is 20.4. The maximum absolute atomic E-state index is 13.0. The lowest BCUT2D eigenvalue weighted by Gasteiger charge is -2.04. The molecule has 0 amide bonds. The lowest BCUT2D eigenvalue weighted by molar-refractivity contribution is 0.0734. The fraction of sp³-hybridized carbons (Fsp3) is 0. The van der Waals surface area contributed by atoms with Gasteiger partial charge in [0.1, 0.15) is 17.4 Å². The van der Waals surface area contributed by atoms with Crippen molar-refractivity contribution in [3.8, 4) is 17.0 Å². The fourth-order valence-electron chi connectivity index (χ4n) is 2.61. The molecule has 0 saturated carbocycles. The summed E-state index contributed by atoms with van der Waals surface area (Å²) in [6.45, 7) is 0. The minimum Gasteiger partial charge on any atom is -0.423 e. The van der Waals surface area contributed by atoms with E-state index in [-0.39, 0.29) is 11.4 Å². The number of thiazole rings is 1. The van der Waals surface area contributed by atoms with Gasteiger partial charge in [0.15, 0.2) is 0 Å². The maximum Gasteiger partial charge on any atom is 0.343 e. The fourth-order valence-corrected chi connectivity index (χ4v) is 3.28. The molecule has 8 heteroatoms. The quantitative estimate of drug-likeness (QED) is 0.181. The first-order valence-electron chi connectivity index (χ1n) is 9.15. The van der Waals surface area contributed by atoms with Crippen molar-refractivity contribution in [2.45, 2.75) is 0 Å². The number of nitrogens with one attached hydrogen (secondary N) is 1. The number of esters is 1. The number of carbonyl (C=O) groups is 1. The van der Waals surface area contributed by atoms with Gasteiger partial charge < -0.3 is 4.74 Å². The zero-order chi connectivity index (χ0) is 21.6. The molecule has 0 spiro atoms. The number of carbonyl (C=O) groups excluding carboxylic acids is 1. The zero-order valence-corrected chi connectivity index (χ0v) is 16.8. The number of hydrogen-bond acceptors (Lipinski definition) is 6. The molecule has 3 aromatic carbocycles. The Balaban J connectivity index is 1.33. The van der Waals surface area contributed by atoms with Gasteiger partial charge in [0.05, 0.1) is 17.5 Å². The molecule has 4 aromatic rings. The predicted octanol–water partition coefficient (Wildman–Crippen LogP) is 5.75. The smallest absolute Gasteiger partial charge is 0.343 e. The Bertz CT molecular complexity index is 1210. The third kappa shape index (κ3) is 5.37.